The highest BCUT2D eigenvalue weighted by Crippen LogP contribution is 2.23. The van der Waals surface area contributed by atoms with E-state index in [1.54, 1.807) is 0 Å². The van der Waals surface area contributed by atoms with Crippen LogP contribution in [0.25, 0.3) is 10.9 Å². The fourth-order valence-electron chi connectivity index (χ4n) is 2.59. The number of hydrogen-bond acceptors (Lipinski definition) is 5. The van der Waals surface area contributed by atoms with E-state index in [-0.39, 0.29) is 17.6 Å². The molecule has 0 spiro atoms. The number of nitrogens with zero attached hydrogens (tertiary/aromatic N) is 4. The Morgan fingerprint density at radius 3 is 3.14 bits per heavy atom. The quantitative estimate of drug-likeness (QED) is 0.777. The maximum atomic E-state index is 13.7. The molecule has 0 saturated heterocycles. The topological polar surface area (TPSA) is 76.6 Å². The van der Waals surface area contributed by atoms with Crippen LogP contribution in [0.4, 0.5) is 4.39 Å². The lowest BCUT2D eigenvalue weighted by Gasteiger charge is -2.21. The normalized spacial score (nSPS) is 17.7. The molecule has 1 unspecified atom stereocenters. The molecule has 3 heterocycles. The Morgan fingerprint density at radius 1 is 1.24 bits per heavy atom. The van der Waals surface area contributed by atoms with Gasteiger partial charge in [-0.15, -0.1) is 0 Å². The van der Waals surface area contributed by atoms with Crippen molar-refractivity contribution in [2.45, 2.75) is 25.4 Å². The molecule has 0 amide bonds. The number of aryl methyl sites for hydroxylation is 1. The van der Waals surface area contributed by atoms with E-state index in [0.717, 1.165) is 31.2 Å². The van der Waals surface area contributed by atoms with Gasteiger partial charge in [-0.3, -0.25) is 10.1 Å². The van der Waals surface area contributed by atoms with E-state index in [0.29, 0.717) is 5.39 Å². The molecule has 0 aromatic carbocycles. The highest BCUT2D eigenvalue weighted by Gasteiger charge is 2.22. The van der Waals surface area contributed by atoms with Crippen molar-refractivity contribution in [3.05, 3.63) is 41.9 Å². The molecule has 0 bridgehead atoms. The Balaban J connectivity index is 1.59. The van der Waals surface area contributed by atoms with Crippen molar-refractivity contribution in [3.63, 3.8) is 0 Å². The van der Waals surface area contributed by atoms with E-state index in [2.05, 4.69) is 25.1 Å². The summed E-state index contributed by atoms with van der Waals surface area (Å²) in [4.78, 5) is 12.0. The van der Waals surface area contributed by atoms with Gasteiger partial charge in [0.25, 0.3) is 0 Å². The van der Waals surface area contributed by atoms with Crippen molar-refractivity contribution >= 4 is 10.9 Å². The number of rotatable bonds is 2. The highest BCUT2D eigenvalue weighted by atomic mass is 19.1. The van der Waals surface area contributed by atoms with Crippen LogP contribution in [0.5, 0.6) is 6.01 Å². The van der Waals surface area contributed by atoms with Crippen molar-refractivity contribution < 1.29 is 9.13 Å². The average molecular weight is 285 g/mol. The predicted molar refractivity (Wildman–Crippen MR) is 72.3 cm³/mol. The second-order valence-corrected chi connectivity index (χ2v) is 5.07. The molecule has 0 aliphatic heterocycles. The lowest BCUT2D eigenvalue weighted by molar-refractivity contribution is 0.168. The van der Waals surface area contributed by atoms with Gasteiger partial charge in [-0.1, -0.05) is 0 Å². The predicted octanol–water partition coefficient (Wildman–Crippen LogP) is 1.82. The van der Waals surface area contributed by atoms with E-state index in [1.807, 2.05) is 6.20 Å². The van der Waals surface area contributed by atoms with E-state index in [9.17, 15) is 4.39 Å². The fourth-order valence-corrected chi connectivity index (χ4v) is 2.59. The summed E-state index contributed by atoms with van der Waals surface area (Å²) in [6, 6.07) is 0.195. The summed E-state index contributed by atoms with van der Waals surface area (Å²) < 4.78 is 19.5. The number of nitrogens with one attached hydrogen (secondary N) is 1. The van der Waals surface area contributed by atoms with Crippen LogP contribution in [-0.2, 0) is 12.8 Å². The van der Waals surface area contributed by atoms with E-state index in [1.165, 1.54) is 18.0 Å². The minimum absolute atomic E-state index is 0.0275. The maximum Gasteiger partial charge on any atom is 0.317 e. The van der Waals surface area contributed by atoms with Crippen molar-refractivity contribution in [2.75, 3.05) is 0 Å². The van der Waals surface area contributed by atoms with Crippen LogP contribution >= 0.6 is 0 Å². The number of aromatic nitrogens is 5. The first-order valence-electron chi connectivity index (χ1n) is 6.73. The standard InChI is InChI=1S/C14H12FN5O/c15-11-7-16-4-9-5-17-14(19-13(9)11)21-10-2-1-8-6-18-20-12(8)3-10/h4-7,10H,1-3H2,(H,18,20). The number of H-pyrrole nitrogens is 1. The molecular formula is C14H12FN5O. The Kier molecular flexibility index (Phi) is 2.77. The van der Waals surface area contributed by atoms with Crippen LogP contribution in [0.15, 0.2) is 24.8 Å². The summed E-state index contributed by atoms with van der Waals surface area (Å²) in [5.41, 5.74) is 2.54. The van der Waals surface area contributed by atoms with Gasteiger partial charge in [0.1, 0.15) is 11.6 Å². The van der Waals surface area contributed by atoms with Crippen LogP contribution < -0.4 is 4.74 Å². The van der Waals surface area contributed by atoms with Gasteiger partial charge in [-0.25, -0.2) is 9.37 Å². The second kappa shape index (κ2) is 4.76. The van der Waals surface area contributed by atoms with Crippen molar-refractivity contribution in [1.29, 1.82) is 0 Å². The third-order valence-electron chi connectivity index (χ3n) is 3.67. The molecule has 6 nitrogen and oxygen atoms in total. The Labute approximate surface area is 119 Å². The van der Waals surface area contributed by atoms with Crippen molar-refractivity contribution in [2.24, 2.45) is 0 Å². The lowest BCUT2D eigenvalue weighted by Crippen LogP contribution is -2.25. The molecule has 0 radical (unpaired) electrons. The van der Waals surface area contributed by atoms with E-state index >= 15 is 0 Å². The van der Waals surface area contributed by atoms with Gasteiger partial charge in [0, 0.05) is 29.9 Å². The van der Waals surface area contributed by atoms with Gasteiger partial charge in [0.2, 0.25) is 0 Å². The third kappa shape index (κ3) is 2.20. The van der Waals surface area contributed by atoms with Crippen molar-refractivity contribution in [1.82, 2.24) is 25.1 Å². The maximum absolute atomic E-state index is 13.7. The summed E-state index contributed by atoms with van der Waals surface area (Å²) in [5, 5.41) is 7.56. The third-order valence-corrected chi connectivity index (χ3v) is 3.67. The number of hydrogen-bond donors (Lipinski definition) is 1. The van der Waals surface area contributed by atoms with Gasteiger partial charge in [-0.05, 0) is 18.4 Å². The van der Waals surface area contributed by atoms with Crippen LogP contribution in [0.1, 0.15) is 17.7 Å². The lowest BCUT2D eigenvalue weighted by atomic mass is 9.96. The van der Waals surface area contributed by atoms with Crippen LogP contribution in [0, 0.1) is 5.82 Å². The molecule has 7 heteroatoms. The molecular weight excluding hydrogens is 273 g/mol. The first-order chi connectivity index (χ1) is 10.3. The molecule has 106 valence electrons. The van der Waals surface area contributed by atoms with Gasteiger partial charge >= 0.3 is 6.01 Å². The minimum Gasteiger partial charge on any atom is -0.460 e. The summed E-state index contributed by atoms with van der Waals surface area (Å²) in [7, 11) is 0. The van der Waals surface area contributed by atoms with Gasteiger partial charge < -0.3 is 4.74 Å². The monoisotopic (exact) mass is 285 g/mol. The molecule has 1 N–H and O–H groups in total. The summed E-state index contributed by atoms with van der Waals surface area (Å²) in [6.45, 7) is 0. The summed E-state index contributed by atoms with van der Waals surface area (Å²) >= 11 is 0. The van der Waals surface area contributed by atoms with E-state index in [4.69, 9.17) is 4.74 Å². The molecule has 4 rings (SSSR count). The van der Waals surface area contributed by atoms with Crippen LogP contribution in [0.3, 0.4) is 0 Å². The van der Waals surface area contributed by atoms with Gasteiger partial charge in [-0.2, -0.15) is 10.1 Å². The van der Waals surface area contributed by atoms with E-state index < -0.39 is 5.82 Å². The number of halogens is 1. The zero-order chi connectivity index (χ0) is 14.2. The molecule has 1 aliphatic rings. The number of fused-ring (bicyclic) bond motifs is 2. The Hall–Kier alpha value is -2.57. The minimum atomic E-state index is -0.473. The van der Waals surface area contributed by atoms with Crippen LogP contribution in [-0.4, -0.2) is 31.3 Å². The largest absolute Gasteiger partial charge is 0.460 e. The fraction of sp³-hybridized carbons (Fsp3) is 0.286. The Morgan fingerprint density at radius 2 is 2.19 bits per heavy atom. The molecule has 1 atom stereocenters. The summed E-state index contributed by atoms with van der Waals surface area (Å²) in [6.07, 6.45) is 8.51. The van der Waals surface area contributed by atoms with Gasteiger partial charge in [0.05, 0.1) is 12.4 Å². The SMILES string of the molecule is Fc1cncc2cnc(OC3CCc4cn[nH]c4C3)nc12. The molecule has 21 heavy (non-hydrogen) atoms. The smallest absolute Gasteiger partial charge is 0.317 e. The molecule has 1 aliphatic carbocycles. The van der Waals surface area contributed by atoms with Crippen molar-refractivity contribution in [3.8, 4) is 6.01 Å². The Bertz CT molecular complexity index is 803. The molecule has 3 aromatic rings. The number of pyridine rings is 1. The van der Waals surface area contributed by atoms with Gasteiger partial charge in [0.15, 0.2) is 5.82 Å². The molecule has 3 aromatic heterocycles. The summed E-state index contributed by atoms with van der Waals surface area (Å²) in [5.74, 6) is -0.473. The molecule has 0 saturated carbocycles. The zero-order valence-corrected chi connectivity index (χ0v) is 11.1. The molecule has 0 fully saturated rings. The highest BCUT2D eigenvalue weighted by molar-refractivity contribution is 5.77. The number of ether oxygens (including phenoxy) is 1. The zero-order valence-electron chi connectivity index (χ0n) is 11.1. The van der Waals surface area contributed by atoms with Crippen LogP contribution in [0.2, 0.25) is 0 Å². The number of aromatic amines is 1. The first-order valence-corrected chi connectivity index (χ1v) is 6.73. The average Bonchev–Trinajstić information content (AvgIpc) is 2.96. The second-order valence-electron chi connectivity index (χ2n) is 5.07. The first kappa shape index (κ1) is 12.2.